The van der Waals surface area contributed by atoms with Crippen LogP contribution in [0.4, 0.5) is 5.13 Å². The van der Waals surface area contributed by atoms with Gasteiger partial charge in [-0.05, 0) is 19.8 Å². The third-order valence-electron chi connectivity index (χ3n) is 4.83. The zero-order valence-corrected chi connectivity index (χ0v) is 19.4. The molecule has 168 valence electrons. The van der Waals surface area contributed by atoms with Crippen molar-refractivity contribution in [2.75, 3.05) is 5.73 Å². The van der Waals surface area contributed by atoms with Crippen molar-refractivity contribution in [1.29, 1.82) is 0 Å². The number of rotatable bonds is 6. The normalized spacial score (nSPS) is 20.8. The van der Waals surface area contributed by atoms with Gasteiger partial charge in [0.1, 0.15) is 21.8 Å². The summed E-state index contributed by atoms with van der Waals surface area (Å²) >= 11 is 9.54. The van der Waals surface area contributed by atoms with Crippen LogP contribution in [0.2, 0.25) is 4.34 Å². The van der Waals surface area contributed by atoms with Gasteiger partial charge in [0.15, 0.2) is 15.2 Å². The molecule has 15 heteroatoms. The topological polar surface area (TPSA) is 171 Å². The molecule has 0 bridgehead atoms. The summed E-state index contributed by atoms with van der Waals surface area (Å²) < 4.78 is 0.746. The maximum absolute atomic E-state index is 12.8. The van der Waals surface area contributed by atoms with Crippen molar-refractivity contribution < 1.29 is 24.7 Å². The Bertz CT molecular complexity index is 1190. The summed E-state index contributed by atoms with van der Waals surface area (Å²) in [7, 11) is 0. The molecule has 2 amide bonds. The number of amides is 2. The fourth-order valence-electron chi connectivity index (χ4n) is 3.49. The van der Waals surface area contributed by atoms with Gasteiger partial charge < -0.3 is 21.4 Å². The van der Waals surface area contributed by atoms with E-state index in [9.17, 15) is 24.7 Å². The predicted octanol–water partition coefficient (Wildman–Crippen LogP) is 1.90. The quantitative estimate of drug-likeness (QED) is 0.194. The van der Waals surface area contributed by atoms with E-state index in [4.69, 9.17) is 17.3 Å². The second-order valence-electron chi connectivity index (χ2n) is 6.80. The molecule has 2 aliphatic rings. The largest absolute Gasteiger partial charge is 0.477 e. The fourth-order valence-corrected chi connectivity index (χ4v) is 6.58. The number of carbonyl (C=O) groups excluding carboxylic acids is 2. The summed E-state index contributed by atoms with van der Waals surface area (Å²) in [5, 5.41) is 24.5. The lowest BCUT2D eigenvalue weighted by atomic mass is 9.86. The molecule has 1 saturated heterocycles. The molecule has 0 radical (unpaired) electrons. The number of thiazole rings is 2. The second kappa shape index (κ2) is 8.69. The number of hydrogen-bond donors (Lipinski definition) is 4. The van der Waals surface area contributed by atoms with Gasteiger partial charge in [-0.25, -0.2) is 14.8 Å². The molecule has 0 aliphatic carbocycles. The number of fused-ring (bicyclic) bond motifs is 1. The third kappa shape index (κ3) is 3.94. The summed E-state index contributed by atoms with van der Waals surface area (Å²) in [6.45, 7) is 1.90. The number of aromatic nitrogens is 2. The highest BCUT2D eigenvalue weighted by Crippen LogP contribution is 2.43. The van der Waals surface area contributed by atoms with Crippen LogP contribution >= 0.6 is 46.0 Å². The number of aliphatic carboxylic acids is 1. The van der Waals surface area contributed by atoms with E-state index in [1.165, 1.54) is 28.0 Å². The maximum Gasteiger partial charge on any atom is 0.353 e. The van der Waals surface area contributed by atoms with Crippen molar-refractivity contribution in [3.63, 3.8) is 0 Å². The Labute approximate surface area is 198 Å². The fraction of sp³-hybridized carbons (Fsp3) is 0.294. The summed E-state index contributed by atoms with van der Waals surface area (Å²) in [6.07, 6.45) is 2.54. The number of nitrogen functional groups attached to an aromatic ring is 1. The first-order chi connectivity index (χ1) is 15.2. The summed E-state index contributed by atoms with van der Waals surface area (Å²) in [4.78, 5) is 48.2. The summed E-state index contributed by atoms with van der Waals surface area (Å²) in [5.74, 6) is -2.68. The highest BCUT2D eigenvalue weighted by Gasteiger charge is 2.54. The molecule has 0 aromatic carbocycles. The molecule has 0 saturated carbocycles. The minimum absolute atomic E-state index is 0.0554. The van der Waals surface area contributed by atoms with Gasteiger partial charge in [-0.15, -0.1) is 11.3 Å². The maximum atomic E-state index is 12.8. The van der Waals surface area contributed by atoms with E-state index in [1.54, 1.807) is 6.20 Å². The van der Waals surface area contributed by atoms with Gasteiger partial charge in [-0.3, -0.25) is 14.5 Å². The van der Waals surface area contributed by atoms with Crippen molar-refractivity contribution in [2.24, 2.45) is 5.16 Å². The van der Waals surface area contributed by atoms with Crippen LogP contribution in [-0.2, 0) is 14.4 Å². The first kappa shape index (κ1) is 22.5. The Morgan fingerprint density at radius 1 is 1.44 bits per heavy atom. The molecule has 0 unspecified atom stereocenters. The van der Waals surface area contributed by atoms with Gasteiger partial charge in [-0.2, -0.15) is 0 Å². The molecule has 0 spiro atoms. The van der Waals surface area contributed by atoms with Crippen molar-refractivity contribution >= 4 is 74.7 Å². The van der Waals surface area contributed by atoms with Crippen LogP contribution in [0.25, 0.3) is 0 Å². The van der Waals surface area contributed by atoms with E-state index in [-0.39, 0.29) is 20.9 Å². The molecule has 1 fully saturated rings. The minimum Gasteiger partial charge on any atom is -0.477 e. The zero-order valence-electron chi connectivity index (χ0n) is 16.2. The highest BCUT2D eigenvalue weighted by molar-refractivity contribution is 8.04. The SMILES string of the molecule is Cc1cnc(SC2=C(C(=O)O)N3C(=O)[C@@H](NC(=O)/C(=N\O)c4nc(N)sc4Cl)[C@H]3CC2)s1. The smallest absolute Gasteiger partial charge is 0.353 e. The zero-order chi connectivity index (χ0) is 23.2. The number of thioether (sulfide) groups is 1. The van der Waals surface area contributed by atoms with Gasteiger partial charge in [0.05, 0.1) is 6.04 Å². The number of nitrogens with one attached hydrogen (secondary N) is 1. The lowest BCUT2D eigenvalue weighted by Crippen LogP contribution is -2.72. The molecular weight excluding hydrogens is 500 g/mol. The average Bonchev–Trinajstić information content (AvgIpc) is 3.30. The lowest BCUT2D eigenvalue weighted by Gasteiger charge is -2.49. The van der Waals surface area contributed by atoms with E-state index in [0.29, 0.717) is 22.1 Å². The molecule has 2 atom stereocenters. The van der Waals surface area contributed by atoms with Crippen molar-refractivity contribution in [3.8, 4) is 0 Å². The van der Waals surface area contributed by atoms with Crippen LogP contribution in [0, 0.1) is 6.92 Å². The molecule has 2 aromatic rings. The number of anilines is 1. The number of aryl methyl sites for hydroxylation is 1. The van der Waals surface area contributed by atoms with Crippen LogP contribution in [0.5, 0.6) is 0 Å². The van der Waals surface area contributed by atoms with Crippen LogP contribution < -0.4 is 11.1 Å². The van der Waals surface area contributed by atoms with E-state index < -0.39 is 35.6 Å². The van der Waals surface area contributed by atoms with E-state index in [2.05, 4.69) is 20.4 Å². The Morgan fingerprint density at radius 2 is 2.19 bits per heavy atom. The van der Waals surface area contributed by atoms with Crippen molar-refractivity contribution in [2.45, 2.75) is 36.2 Å². The standard InChI is InChI=1S/C17H15ClN6O5S3/c1-5-4-20-17(30-5)31-7-3-2-6-8(14(26)24(6)11(7)15(27)28)21-13(25)10(23-29)9-12(18)32-16(19)22-9/h4,6,8,29H,2-3H2,1H3,(H2,19,22)(H,21,25)(H,27,28)/b23-10-/t6-,8+/m1/s1. The number of carboxylic acid groups (broad SMARTS) is 1. The first-order valence-corrected chi connectivity index (χ1v) is 11.9. The minimum atomic E-state index is -1.23. The Balaban J connectivity index is 1.53. The van der Waals surface area contributed by atoms with Gasteiger partial charge in [0.2, 0.25) is 0 Å². The lowest BCUT2D eigenvalue weighted by molar-refractivity contribution is -0.155. The Morgan fingerprint density at radius 3 is 2.75 bits per heavy atom. The number of carboxylic acids is 1. The number of hydrogen-bond acceptors (Lipinski definition) is 11. The molecule has 4 heterocycles. The summed E-state index contributed by atoms with van der Waals surface area (Å²) in [6, 6.07) is -1.52. The third-order valence-corrected chi connectivity index (χ3v) is 8.05. The highest BCUT2D eigenvalue weighted by atomic mass is 35.5. The molecule has 32 heavy (non-hydrogen) atoms. The molecule has 11 nitrogen and oxygen atoms in total. The molecule has 2 aliphatic heterocycles. The number of carbonyl (C=O) groups is 3. The van der Waals surface area contributed by atoms with Gasteiger partial charge in [-0.1, -0.05) is 39.9 Å². The van der Waals surface area contributed by atoms with Crippen LogP contribution in [0.15, 0.2) is 26.3 Å². The number of halogens is 1. The number of β-lactam (4-membered cyclic amide) rings is 1. The van der Waals surface area contributed by atoms with E-state index >= 15 is 0 Å². The van der Waals surface area contributed by atoms with Crippen LogP contribution in [0.3, 0.4) is 0 Å². The monoisotopic (exact) mass is 514 g/mol. The molecule has 5 N–H and O–H groups in total. The molecule has 4 rings (SSSR count). The average molecular weight is 515 g/mol. The van der Waals surface area contributed by atoms with Crippen LogP contribution in [0.1, 0.15) is 23.4 Å². The van der Waals surface area contributed by atoms with Crippen molar-refractivity contribution in [3.05, 3.63) is 31.7 Å². The number of oxime groups is 1. The summed E-state index contributed by atoms with van der Waals surface area (Å²) in [5.41, 5.74) is 4.85. The predicted molar refractivity (Wildman–Crippen MR) is 119 cm³/mol. The Hall–Kier alpha value is -2.68. The Kier molecular flexibility index (Phi) is 6.11. The van der Waals surface area contributed by atoms with Crippen LogP contribution in [-0.4, -0.2) is 60.8 Å². The van der Waals surface area contributed by atoms with Crippen molar-refractivity contribution in [1.82, 2.24) is 20.2 Å². The van der Waals surface area contributed by atoms with Gasteiger partial charge in [0.25, 0.3) is 11.8 Å². The molecule has 2 aromatic heterocycles. The number of nitrogens with two attached hydrogens (primary N) is 1. The van der Waals surface area contributed by atoms with E-state index in [0.717, 1.165) is 16.2 Å². The number of allylic oxidation sites excluding steroid dienone is 1. The van der Waals surface area contributed by atoms with E-state index in [1.807, 2.05) is 6.92 Å². The number of nitrogens with zero attached hydrogens (tertiary/aromatic N) is 4. The van der Waals surface area contributed by atoms with Gasteiger partial charge in [0, 0.05) is 16.0 Å². The van der Waals surface area contributed by atoms with Gasteiger partial charge >= 0.3 is 5.97 Å². The second-order valence-corrected chi connectivity index (χ2v) is 11.0. The first-order valence-electron chi connectivity index (χ1n) is 9.06. The molecular formula is C17H15ClN6O5S3.